The lowest BCUT2D eigenvalue weighted by Crippen LogP contribution is -2.60. The molecule has 1 aliphatic heterocycles. The Morgan fingerprint density at radius 3 is 2.04 bits per heavy atom. The molecule has 0 radical (unpaired) electrons. The second-order valence-corrected chi connectivity index (χ2v) is 7.37. The summed E-state index contributed by atoms with van der Waals surface area (Å²) in [6.07, 6.45) is 5.99. The van der Waals surface area contributed by atoms with Gasteiger partial charge in [-0.2, -0.15) is 0 Å². The third-order valence-corrected chi connectivity index (χ3v) is 5.26. The SMILES string of the molecule is CCCCCCCCCC[C@](O)(CO)[C@@]1(CC(O)CO)OC(=O)C(O)=C1O. The van der Waals surface area contributed by atoms with Gasteiger partial charge in [0, 0.05) is 6.42 Å². The summed E-state index contributed by atoms with van der Waals surface area (Å²) in [5.74, 6) is -3.25. The molecule has 8 heteroatoms. The van der Waals surface area contributed by atoms with Crippen LogP contribution in [-0.4, -0.2) is 67.1 Å². The van der Waals surface area contributed by atoms with Crippen molar-refractivity contribution in [3.8, 4) is 0 Å². The predicted molar refractivity (Wildman–Crippen MR) is 98.1 cm³/mol. The van der Waals surface area contributed by atoms with Gasteiger partial charge in [-0.05, 0) is 6.42 Å². The van der Waals surface area contributed by atoms with E-state index >= 15 is 0 Å². The number of aliphatic hydroxyl groups is 6. The van der Waals surface area contributed by atoms with Crippen molar-refractivity contribution in [2.45, 2.75) is 88.4 Å². The molecule has 27 heavy (non-hydrogen) atoms. The van der Waals surface area contributed by atoms with Gasteiger partial charge in [-0.3, -0.25) is 0 Å². The number of unbranched alkanes of at least 4 members (excludes halogenated alkanes) is 7. The van der Waals surface area contributed by atoms with Crippen LogP contribution in [0.2, 0.25) is 0 Å². The summed E-state index contributed by atoms with van der Waals surface area (Å²) < 4.78 is 5.03. The second-order valence-electron chi connectivity index (χ2n) is 7.37. The van der Waals surface area contributed by atoms with Crippen LogP contribution in [0, 0.1) is 0 Å². The maximum absolute atomic E-state index is 11.7. The van der Waals surface area contributed by atoms with Crippen LogP contribution in [0.1, 0.15) is 71.1 Å². The van der Waals surface area contributed by atoms with Crippen LogP contribution in [0.15, 0.2) is 11.5 Å². The lowest BCUT2D eigenvalue weighted by atomic mass is 9.75. The zero-order valence-electron chi connectivity index (χ0n) is 16.1. The summed E-state index contributed by atoms with van der Waals surface area (Å²) in [4.78, 5) is 11.7. The summed E-state index contributed by atoms with van der Waals surface area (Å²) in [6, 6.07) is 0. The molecule has 158 valence electrons. The van der Waals surface area contributed by atoms with E-state index in [4.69, 9.17) is 9.84 Å². The van der Waals surface area contributed by atoms with Gasteiger partial charge >= 0.3 is 5.97 Å². The number of hydrogen-bond donors (Lipinski definition) is 6. The molecule has 3 atom stereocenters. The van der Waals surface area contributed by atoms with Crippen molar-refractivity contribution in [3.63, 3.8) is 0 Å². The molecule has 0 bridgehead atoms. The minimum Gasteiger partial charge on any atom is -0.505 e. The predicted octanol–water partition coefficient (Wildman–Crippen LogP) is 1.61. The molecule has 8 nitrogen and oxygen atoms in total. The molecule has 0 saturated heterocycles. The van der Waals surface area contributed by atoms with E-state index in [1.165, 1.54) is 19.3 Å². The average Bonchev–Trinajstić information content (AvgIpc) is 2.88. The Kier molecular flexibility index (Phi) is 9.52. The molecule has 0 fully saturated rings. The Labute approximate surface area is 160 Å². The molecule has 1 rings (SSSR count). The van der Waals surface area contributed by atoms with E-state index in [-0.39, 0.29) is 6.42 Å². The van der Waals surface area contributed by atoms with Crippen LogP contribution in [0.3, 0.4) is 0 Å². The number of carbonyl (C=O) groups excluding carboxylic acids is 1. The minimum absolute atomic E-state index is 0.0127. The summed E-state index contributed by atoms with van der Waals surface area (Å²) in [6.45, 7) is 0.593. The molecule has 1 aliphatic rings. The number of aliphatic hydroxyl groups excluding tert-OH is 5. The highest BCUT2D eigenvalue weighted by atomic mass is 16.6. The van der Waals surface area contributed by atoms with E-state index < -0.39 is 54.4 Å². The molecule has 0 aromatic rings. The Bertz CT molecular complexity index is 506. The molecule has 0 aromatic carbocycles. The smallest absolute Gasteiger partial charge is 0.378 e. The van der Waals surface area contributed by atoms with Crippen molar-refractivity contribution >= 4 is 5.97 Å². The van der Waals surface area contributed by atoms with Gasteiger partial charge < -0.3 is 35.4 Å². The number of carbonyl (C=O) groups is 1. The quantitative estimate of drug-likeness (QED) is 0.194. The fourth-order valence-corrected chi connectivity index (χ4v) is 3.54. The highest BCUT2D eigenvalue weighted by Crippen LogP contribution is 2.45. The largest absolute Gasteiger partial charge is 0.505 e. The zero-order valence-corrected chi connectivity index (χ0v) is 16.1. The highest BCUT2D eigenvalue weighted by molar-refractivity contribution is 5.90. The third-order valence-electron chi connectivity index (χ3n) is 5.26. The van der Waals surface area contributed by atoms with Crippen LogP contribution in [0.4, 0.5) is 0 Å². The van der Waals surface area contributed by atoms with Crippen molar-refractivity contribution in [1.82, 2.24) is 0 Å². The zero-order chi connectivity index (χ0) is 20.5. The monoisotopic (exact) mass is 390 g/mol. The Morgan fingerprint density at radius 2 is 1.59 bits per heavy atom. The maximum Gasteiger partial charge on any atom is 0.378 e. The van der Waals surface area contributed by atoms with E-state index in [0.29, 0.717) is 6.42 Å². The molecule has 0 amide bonds. The molecule has 0 spiro atoms. The Hall–Kier alpha value is -1.35. The molecule has 0 aromatic heterocycles. The van der Waals surface area contributed by atoms with E-state index in [1.807, 2.05) is 0 Å². The van der Waals surface area contributed by atoms with Gasteiger partial charge in [-0.25, -0.2) is 4.79 Å². The Morgan fingerprint density at radius 1 is 1.04 bits per heavy atom. The number of rotatable bonds is 14. The standard InChI is InChI=1S/C19H34O8/c1-2-3-4-5-6-7-8-9-10-18(26,13-21)19(11-14(22)12-20)16(24)15(23)17(25)27-19/h14,20-24,26H,2-13H2,1H3/t14?,18-,19-/m0/s1. The maximum atomic E-state index is 11.7. The van der Waals surface area contributed by atoms with Gasteiger partial charge in [-0.1, -0.05) is 58.3 Å². The fraction of sp³-hybridized carbons (Fsp3) is 0.842. The first-order valence-electron chi connectivity index (χ1n) is 9.76. The van der Waals surface area contributed by atoms with Gasteiger partial charge in [0.2, 0.25) is 11.4 Å². The van der Waals surface area contributed by atoms with Crippen LogP contribution in [0.5, 0.6) is 0 Å². The van der Waals surface area contributed by atoms with Crippen LogP contribution in [0.25, 0.3) is 0 Å². The first kappa shape index (κ1) is 23.7. The number of hydrogen-bond acceptors (Lipinski definition) is 8. The van der Waals surface area contributed by atoms with Gasteiger partial charge in [-0.15, -0.1) is 0 Å². The molecule has 6 N–H and O–H groups in total. The number of cyclic esters (lactones) is 1. The lowest BCUT2D eigenvalue weighted by Gasteiger charge is -2.42. The van der Waals surface area contributed by atoms with E-state index in [0.717, 1.165) is 25.7 Å². The van der Waals surface area contributed by atoms with Crippen molar-refractivity contribution in [2.24, 2.45) is 0 Å². The van der Waals surface area contributed by atoms with Crippen molar-refractivity contribution < 1.29 is 40.2 Å². The van der Waals surface area contributed by atoms with Crippen LogP contribution in [-0.2, 0) is 9.53 Å². The molecular weight excluding hydrogens is 356 g/mol. The summed E-state index contributed by atoms with van der Waals surface area (Å²) in [7, 11) is 0. The Balaban J connectivity index is 2.78. The summed E-state index contributed by atoms with van der Waals surface area (Å²) in [5.41, 5.74) is -4.30. The van der Waals surface area contributed by atoms with E-state index in [9.17, 15) is 30.3 Å². The molecule has 1 unspecified atom stereocenters. The minimum atomic E-state index is -2.20. The normalized spacial score (nSPS) is 23.4. The van der Waals surface area contributed by atoms with Crippen molar-refractivity contribution in [2.75, 3.05) is 13.2 Å². The van der Waals surface area contributed by atoms with E-state index in [2.05, 4.69) is 6.92 Å². The van der Waals surface area contributed by atoms with Crippen LogP contribution < -0.4 is 0 Å². The van der Waals surface area contributed by atoms with Crippen LogP contribution >= 0.6 is 0 Å². The van der Waals surface area contributed by atoms with E-state index in [1.54, 1.807) is 0 Å². The topological polar surface area (TPSA) is 148 Å². The van der Waals surface area contributed by atoms with Crippen molar-refractivity contribution in [1.29, 1.82) is 0 Å². The average molecular weight is 390 g/mol. The van der Waals surface area contributed by atoms with Gasteiger partial charge in [0.1, 0.15) is 5.60 Å². The number of esters is 1. The summed E-state index contributed by atoms with van der Waals surface area (Å²) >= 11 is 0. The fourth-order valence-electron chi connectivity index (χ4n) is 3.54. The van der Waals surface area contributed by atoms with Gasteiger partial charge in [0.15, 0.2) is 5.76 Å². The number of ether oxygens (including phenoxy) is 1. The summed E-state index contributed by atoms with van der Waals surface area (Å²) in [5, 5.41) is 59.6. The first-order chi connectivity index (χ1) is 12.8. The molecular formula is C19H34O8. The molecule has 0 aliphatic carbocycles. The first-order valence-corrected chi connectivity index (χ1v) is 9.76. The third kappa shape index (κ3) is 5.57. The van der Waals surface area contributed by atoms with Crippen molar-refractivity contribution in [3.05, 3.63) is 11.5 Å². The lowest BCUT2D eigenvalue weighted by molar-refractivity contribution is -0.203. The van der Waals surface area contributed by atoms with Gasteiger partial charge in [0.05, 0.1) is 19.3 Å². The van der Waals surface area contributed by atoms with Gasteiger partial charge in [0.25, 0.3) is 0 Å². The highest BCUT2D eigenvalue weighted by Gasteiger charge is 2.62. The second kappa shape index (κ2) is 10.8. The molecule has 0 saturated carbocycles. The molecule has 1 heterocycles.